The normalized spacial score (nSPS) is 10.8. The first-order valence-electron chi connectivity index (χ1n) is 10.1. The number of benzene rings is 2. The number of fused-ring (bicyclic) bond motifs is 1. The number of nitrogens with zero attached hydrogens (tertiary/aromatic N) is 2. The third-order valence-electron chi connectivity index (χ3n) is 4.75. The van der Waals surface area contributed by atoms with Crippen LogP contribution in [0.25, 0.3) is 10.8 Å². The summed E-state index contributed by atoms with van der Waals surface area (Å²) in [6.45, 7) is 4.27. The molecule has 0 unspecified atom stereocenters. The van der Waals surface area contributed by atoms with Crippen molar-refractivity contribution in [2.75, 3.05) is 20.2 Å². The fourth-order valence-electron chi connectivity index (χ4n) is 3.11. The molecule has 7 heteroatoms. The van der Waals surface area contributed by atoms with Gasteiger partial charge in [0.2, 0.25) is 5.91 Å². The second-order valence-electron chi connectivity index (χ2n) is 7.52. The van der Waals surface area contributed by atoms with Crippen LogP contribution in [-0.2, 0) is 9.53 Å². The van der Waals surface area contributed by atoms with Crippen molar-refractivity contribution in [1.29, 1.82) is 0 Å². The number of para-hydroxylation sites is 1. The van der Waals surface area contributed by atoms with Crippen molar-refractivity contribution in [2.24, 2.45) is 5.92 Å². The second-order valence-corrected chi connectivity index (χ2v) is 7.52. The molecule has 0 aliphatic heterocycles. The van der Waals surface area contributed by atoms with E-state index in [-0.39, 0.29) is 29.9 Å². The molecule has 0 atom stereocenters. The molecule has 31 heavy (non-hydrogen) atoms. The summed E-state index contributed by atoms with van der Waals surface area (Å²) in [6, 6.07) is 14.5. The monoisotopic (exact) mass is 422 g/mol. The zero-order chi connectivity index (χ0) is 22.4. The van der Waals surface area contributed by atoms with Crippen molar-refractivity contribution in [3.8, 4) is 17.2 Å². The van der Waals surface area contributed by atoms with Crippen molar-refractivity contribution in [2.45, 2.75) is 20.3 Å². The molecule has 162 valence electrons. The van der Waals surface area contributed by atoms with E-state index in [9.17, 15) is 14.7 Å². The number of amides is 1. The first kappa shape index (κ1) is 22.1. The molecule has 0 saturated heterocycles. The number of carbonyl (C=O) groups excluding carboxylic acids is 2. The summed E-state index contributed by atoms with van der Waals surface area (Å²) in [5.74, 6) is 0.304. The van der Waals surface area contributed by atoms with Crippen LogP contribution in [0.4, 0.5) is 0 Å². The van der Waals surface area contributed by atoms with Crippen molar-refractivity contribution < 1.29 is 24.2 Å². The Balaban J connectivity index is 1.63. The standard InChI is InChI=1S/C24H26N2O5/c1-16(2)23(28)26(3)12-7-13-30-24(29)21-22(27)20-11-10-19(14-17(20)15-25-21)31-18-8-5-4-6-9-18/h4-6,8-11,14-16,27H,7,12-13H2,1-3H3. The van der Waals surface area contributed by atoms with E-state index in [4.69, 9.17) is 9.47 Å². The van der Waals surface area contributed by atoms with Crippen LogP contribution in [0.15, 0.2) is 54.7 Å². The van der Waals surface area contributed by atoms with E-state index in [0.29, 0.717) is 35.2 Å². The smallest absolute Gasteiger partial charge is 0.360 e. The molecule has 2 aromatic carbocycles. The molecule has 1 amide bonds. The summed E-state index contributed by atoms with van der Waals surface area (Å²) in [4.78, 5) is 29.9. The Morgan fingerprint density at radius 2 is 1.84 bits per heavy atom. The Hall–Kier alpha value is -3.61. The maximum Gasteiger partial charge on any atom is 0.360 e. The Morgan fingerprint density at radius 1 is 1.10 bits per heavy atom. The minimum absolute atomic E-state index is 0.0378. The number of aromatic hydroxyl groups is 1. The number of aromatic nitrogens is 1. The van der Waals surface area contributed by atoms with Crippen molar-refractivity contribution in [3.05, 3.63) is 60.4 Å². The molecular weight excluding hydrogens is 396 g/mol. The molecule has 0 aliphatic rings. The van der Waals surface area contributed by atoms with Crippen LogP contribution in [0, 0.1) is 5.92 Å². The minimum atomic E-state index is -0.707. The molecule has 0 radical (unpaired) electrons. The highest BCUT2D eigenvalue weighted by Gasteiger charge is 2.18. The van der Waals surface area contributed by atoms with E-state index < -0.39 is 5.97 Å². The first-order valence-corrected chi connectivity index (χ1v) is 10.1. The van der Waals surface area contributed by atoms with Crippen LogP contribution in [-0.4, -0.2) is 47.1 Å². The number of hydrogen-bond donors (Lipinski definition) is 1. The van der Waals surface area contributed by atoms with Crippen molar-refractivity contribution >= 4 is 22.6 Å². The number of ether oxygens (including phenoxy) is 2. The lowest BCUT2D eigenvalue weighted by Crippen LogP contribution is -2.31. The summed E-state index contributed by atoms with van der Waals surface area (Å²) >= 11 is 0. The van der Waals surface area contributed by atoms with Crippen LogP contribution in [0.5, 0.6) is 17.2 Å². The molecule has 1 aromatic heterocycles. The zero-order valence-electron chi connectivity index (χ0n) is 17.9. The van der Waals surface area contributed by atoms with E-state index in [1.807, 2.05) is 44.2 Å². The number of hydrogen-bond acceptors (Lipinski definition) is 6. The van der Waals surface area contributed by atoms with E-state index in [0.717, 1.165) is 0 Å². The van der Waals surface area contributed by atoms with Gasteiger partial charge in [-0.3, -0.25) is 4.79 Å². The maximum absolute atomic E-state index is 12.4. The Bertz CT molecular complexity index is 1070. The van der Waals surface area contributed by atoms with Gasteiger partial charge in [-0.25, -0.2) is 9.78 Å². The minimum Gasteiger partial charge on any atom is -0.505 e. The second kappa shape index (κ2) is 9.93. The zero-order valence-corrected chi connectivity index (χ0v) is 17.9. The van der Waals surface area contributed by atoms with Crippen LogP contribution in [0.1, 0.15) is 30.8 Å². The van der Waals surface area contributed by atoms with E-state index in [1.165, 1.54) is 6.20 Å². The third-order valence-corrected chi connectivity index (χ3v) is 4.75. The number of carbonyl (C=O) groups is 2. The fraction of sp³-hybridized carbons (Fsp3) is 0.292. The fourth-order valence-corrected chi connectivity index (χ4v) is 3.11. The third kappa shape index (κ3) is 5.51. The maximum atomic E-state index is 12.4. The number of rotatable bonds is 8. The van der Waals surface area contributed by atoms with Gasteiger partial charge in [0.25, 0.3) is 0 Å². The largest absolute Gasteiger partial charge is 0.505 e. The lowest BCUT2D eigenvalue weighted by Gasteiger charge is -2.19. The van der Waals surface area contributed by atoms with E-state index in [2.05, 4.69) is 4.98 Å². The molecule has 1 heterocycles. The van der Waals surface area contributed by atoms with Crippen LogP contribution in [0.2, 0.25) is 0 Å². The van der Waals surface area contributed by atoms with Crippen LogP contribution in [0.3, 0.4) is 0 Å². The molecule has 1 N–H and O–H groups in total. The Morgan fingerprint density at radius 3 is 2.55 bits per heavy atom. The molecule has 0 bridgehead atoms. The van der Waals surface area contributed by atoms with Gasteiger partial charge in [-0.15, -0.1) is 0 Å². The van der Waals surface area contributed by atoms with Crippen LogP contribution < -0.4 is 4.74 Å². The van der Waals surface area contributed by atoms with Crippen LogP contribution >= 0.6 is 0 Å². The predicted molar refractivity (Wildman–Crippen MR) is 117 cm³/mol. The van der Waals surface area contributed by atoms with Gasteiger partial charge in [-0.1, -0.05) is 32.0 Å². The molecule has 0 aliphatic carbocycles. The predicted octanol–water partition coefficient (Wildman–Crippen LogP) is 4.39. The van der Waals surface area contributed by atoms with Gasteiger partial charge in [0.05, 0.1) is 6.61 Å². The summed E-state index contributed by atoms with van der Waals surface area (Å²) < 4.78 is 11.0. The Labute approximate surface area is 181 Å². The molecule has 7 nitrogen and oxygen atoms in total. The topological polar surface area (TPSA) is 89.0 Å². The highest BCUT2D eigenvalue weighted by Crippen LogP contribution is 2.31. The van der Waals surface area contributed by atoms with Gasteiger partial charge in [-0.2, -0.15) is 0 Å². The van der Waals surface area contributed by atoms with E-state index >= 15 is 0 Å². The first-order chi connectivity index (χ1) is 14.9. The number of pyridine rings is 1. The molecular formula is C24H26N2O5. The summed E-state index contributed by atoms with van der Waals surface area (Å²) in [6.07, 6.45) is 1.99. The van der Waals surface area contributed by atoms with Gasteiger partial charge in [0, 0.05) is 36.5 Å². The summed E-state index contributed by atoms with van der Waals surface area (Å²) in [5, 5.41) is 11.6. The average molecular weight is 422 g/mol. The van der Waals surface area contributed by atoms with Gasteiger partial charge in [0.15, 0.2) is 11.4 Å². The molecule has 0 saturated carbocycles. The van der Waals surface area contributed by atoms with Gasteiger partial charge >= 0.3 is 5.97 Å². The lowest BCUT2D eigenvalue weighted by atomic mass is 10.1. The highest BCUT2D eigenvalue weighted by atomic mass is 16.5. The summed E-state index contributed by atoms with van der Waals surface area (Å²) in [7, 11) is 1.72. The van der Waals surface area contributed by atoms with Crippen molar-refractivity contribution in [1.82, 2.24) is 9.88 Å². The molecule has 3 rings (SSSR count). The Kier molecular flexibility index (Phi) is 7.07. The van der Waals surface area contributed by atoms with Crippen molar-refractivity contribution in [3.63, 3.8) is 0 Å². The van der Waals surface area contributed by atoms with Gasteiger partial charge < -0.3 is 19.5 Å². The molecule has 3 aromatic rings. The highest BCUT2D eigenvalue weighted by molar-refractivity contribution is 5.99. The average Bonchev–Trinajstić information content (AvgIpc) is 2.76. The van der Waals surface area contributed by atoms with Gasteiger partial charge in [-0.05, 0) is 36.8 Å². The number of esters is 1. The SMILES string of the molecule is CC(C)C(=O)N(C)CCCOC(=O)c1ncc2cc(Oc3ccccc3)ccc2c1O. The van der Waals surface area contributed by atoms with E-state index in [1.54, 1.807) is 30.1 Å². The van der Waals surface area contributed by atoms with Gasteiger partial charge in [0.1, 0.15) is 11.5 Å². The lowest BCUT2D eigenvalue weighted by molar-refractivity contribution is -0.133. The quantitative estimate of drug-likeness (QED) is 0.428. The molecule has 0 spiro atoms. The molecule has 0 fully saturated rings. The summed E-state index contributed by atoms with van der Waals surface area (Å²) in [5.41, 5.74) is -0.143.